The van der Waals surface area contributed by atoms with E-state index in [0.717, 1.165) is 154 Å². The Morgan fingerprint density at radius 3 is 0.765 bits per heavy atom. The number of carbonyl (C=O) groups excluding carboxylic acids is 3. The van der Waals surface area contributed by atoms with Crippen molar-refractivity contribution in [3.05, 3.63) is 182 Å². The predicted molar refractivity (Wildman–Crippen MR) is 352 cm³/mol. The van der Waals surface area contributed by atoms with Gasteiger partial charge < -0.3 is 14.2 Å². The Bertz CT molecular complexity index is 1900. The van der Waals surface area contributed by atoms with Gasteiger partial charge in [-0.3, -0.25) is 14.4 Å². The molecule has 0 aromatic rings. The zero-order chi connectivity index (χ0) is 58.5. The minimum atomic E-state index is -0.831. The maximum Gasteiger partial charge on any atom is 0.306 e. The average Bonchev–Trinajstić information content (AvgIpc) is 3.47. The number of carbonyl (C=O) groups is 3. The van der Waals surface area contributed by atoms with Crippen LogP contribution in [0.1, 0.15) is 252 Å². The lowest BCUT2D eigenvalue weighted by Crippen LogP contribution is -2.30. The lowest BCUT2D eigenvalue weighted by molar-refractivity contribution is -0.166. The van der Waals surface area contributed by atoms with Crippen molar-refractivity contribution in [1.29, 1.82) is 0 Å². The molecule has 452 valence electrons. The number of hydrogen-bond acceptors (Lipinski definition) is 6. The highest BCUT2D eigenvalue weighted by atomic mass is 16.6. The zero-order valence-corrected chi connectivity index (χ0v) is 51.7. The molecule has 0 saturated carbocycles. The van der Waals surface area contributed by atoms with Crippen LogP contribution < -0.4 is 0 Å². The van der Waals surface area contributed by atoms with Crippen LogP contribution in [0.25, 0.3) is 0 Å². The van der Waals surface area contributed by atoms with E-state index in [-0.39, 0.29) is 37.5 Å². The third-order valence-electron chi connectivity index (χ3n) is 12.9. The molecule has 0 amide bonds. The summed E-state index contributed by atoms with van der Waals surface area (Å²) in [6, 6.07) is 0. The molecule has 6 nitrogen and oxygen atoms in total. The second-order valence-electron chi connectivity index (χ2n) is 20.5. The third-order valence-corrected chi connectivity index (χ3v) is 12.9. The standard InChI is InChI=1S/C75H116O6/c1-4-7-10-13-16-19-22-25-28-31-34-36-37-39-41-44-47-50-53-56-59-62-65-68-74(77)80-71-72(70-79-73(76)67-64-61-58-55-52-49-46-43-40-33-30-27-24-21-18-15-12-9-6-3)81-75(78)69-66-63-60-57-54-51-48-45-42-38-35-32-29-26-23-20-17-14-11-8-5-2/h7-12,16-21,25-30,34-36,38-41,43,49,52,58,61,72H,4-6,13-15,22-24,31-33,37,42,44-48,50-51,53-57,59-60,62-71H2,1-3H3/b10-7-,11-8-,12-9-,19-16-,20-17-,21-18-,28-25-,29-26-,30-27-,36-34-,38-35-,41-39-,43-40-,52-49-,61-58-. The summed E-state index contributed by atoms with van der Waals surface area (Å²) in [7, 11) is 0. The first-order valence-corrected chi connectivity index (χ1v) is 32.3. The van der Waals surface area contributed by atoms with E-state index < -0.39 is 6.10 Å². The molecule has 0 aliphatic heterocycles. The number of hydrogen-bond donors (Lipinski definition) is 0. The first-order valence-electron chi connectivity index (χ1n) is 32.3. The summed E-state index contributed by atoms with van der Waals surface area (Å²) in [6.45, 7) is 6.21. The molecule has 81 heavy (non-hydrogen) atoms. The van der Waals surface area contributed by atoms with Crippen molar-refractivity contribution in [2.45, 2.75) is 258 Å². The van der Waals surface area contributed by atoms with Gasteiger partial charge in [0, 0.05) is 19.3 Å². The van der Waals surface area contributed by atoms with E-state index in [4.69, 9.17) is 14.2 Å². The summed E-state index contributed by atoms with van der Waals surface area (Å²) < 4.78 is 16.9. The third kappa shape index (κ3) is 65.2. The summed E-state index contributed by atoms with van der Waals surface area (Å²) in [4.78, 5) is 38.4. The first kappa shape index (κ1) is 75.5. The molecule has 0 rings (SSSR count). The molecular formula is C75H116O6. The van der Waals surface area contributed by atoms with Crippen LogP contribution in [0.2, 0.25) is 0 Å². The fraction of sp³-hybridized carbons (Fsp3) is 0.560. The first-order chi connectivity index (χ1) is 40.0. The highest BCUT2D eigenvalue weighted by Gasteiger charge is 2.19. The largest absolute Gasteiger partial charge is 0.462 e. The van der Waals surface area contributed by atoms with Crippen LogP contribution in [0.3, 0.4) is 0 Å². The van der Waals surface area contributed by atoms with Crippen LogP contribution in [0.5, 0.6) is 0 Å². The molecular weight excluding hydrogens is 997 g/mol. The van der Waals surface area contributed by atoms with Crippen LogP contribution in [0.4, 0.5) is 0 Å². The number of rotatable bonds is 56. The fourth-order valence-corrected chi connectivity index (χ4v) is 8.19. The molecule has 1 unspecified atom stereocenters. The summed E-state index contributed by atoms with van der Waals surface area (Å²) in [5, 5.41) is 0. The SMILES string of the molecule is CC/C=C\C/C=C\C/C=C\C/C=C\C/C=C\C/C=C\CCC(=O)OCC(COC(=O)CCCCCCCCC/C=C\C/C=C\C/C=C\C/C=C\C/C=C\CC)OC(=O)CCCCCCCCCC/C=C\C/C=C\C/C=C\C/C=C\CC. The van der Waals surface area contributed by atoms with Gasteiger partial charge in [-0.1, -0.05) is 274 Å². The van der Waals surface area contributed by atoms with Gasteiger partial charge in [0.05, 0.1) is 0 Å². The smallest absolute Gasteiger partial charge is 0.306 e. The van der Waals surface area contributed by atoms with E-state index in [1.807, 2.05) is 6.08 Å². The van der Waals surface area contributed by atoms with E-state index in [1.54, 1.807) is 0 Å². The highest BCUT2D eigenvalue weighted by Crippen LogP contribution is 2.14. The van der Waals surface area contributed by atoms with E-state index in [1.165, 1.54) is 51.4 Å². The fourth-order valence-electron chi connectivity index (χ4n) is 8.19. The Kier molecular flexibility index (Phi) is 62.5. The van der Waals surface area contributed by atoms with Gasteiger partial charge in [0.2, 0.25) is 0 Å². The van der Waals surface area contributed by atoms with Gasteiger partial charge in [-0.05, 0) is 141 Å². The van der Waals surface area contributed by atoms with Crippen molar-refractivity contribution in [3.63, 3.8) is 0 Å². The Morgan fingerprint density at radius 2 is 0.469 bits per heavy atom. The molecule has 0 radical (unpaired) electrons. The molecule has 0 aliphatic rings. The Morgan fingerprint density at radius 1 is 0.247 bits per heavy atom. The van der Waals surface area contributed by atoms with Gasteiger partial charge in [-0.15, -0.1) is 0 Å². The number of unbranched alkanes of at least 4 members (excludes halogenated alkanes) is 15. The number of esters is 3. The molecule has 1 atom stereocenters. The molecule has 6 heteroatoms. The van der Waals surface area contributed by atoms with Crippen molar-refractivity contribution in [1.82, 2.24) is 0 Å². The van der Waals surface area contributed by atoms with Crippen LogP contribution in [-0.4, -0.2) is 37.2 Å². The molecule has 0 spiro atoms. The van der Waals surface area contributed by atoms with Gasteiger partial charge in [-0.25, -0.2) is 0 Å². The van der Waals surface area contributed by atoms with Crippen molar-refractivity contribution in [3.8, 4) is 0 Å². The molecule has 0 N–H and O–H groups in total. The number of allylic oxidation sites excluding steroid dienone is 30. The molecule has 0 aromatic heterocycles. The Hall–Kier alpha value is -5.49. The summed E-state index contributed by atoms with van der Waals surface area (Å²) >= 11 is 0. The zero-order valence-electron chi connectivity index (χ0n) is 51.7. The predicted octanol–water partition coefficient (Wildman–Crippen LogP) is 22.4. The normalized spacial score (nSPS) is 13.4. The minimum Gasteiger partial charge on any atom is -0.462 e. The molecule has 0 aliphatic carbocycles. The van der Waals surface area contributed by atoms with E-state index >= 15 is 0 Å². The summed E-state index contributed by atoms with van der Waals surface area (Å²) in [5.74, 6) is -1.03. The van der Waals surface area contributed by atoms with E-state index in [2.05, 4.69) is 197 Å². The van der Waals surface area contributed by atoms with E-state index in [0.29, 0.717) is 19.3 Å². The summed E-state index contributed by atoms with van der Waals surface area (Å²) in [6.07, 6.45) is 100. The van der Waals surface area contributed by atoms with Gasteiger partial charge >= 0.3 is 17.9 Å². The van der Waals surface area contributed by atoms with Gasteiger partial charge in [0.1, 0.15) is 13.2 Å². The van der Waals surface area contributed by atoms with Crippen molar-refractivity contribution < 1.29 is 28.6 Å². The van der Waals surface area contributed by atoms with Gasteiger partial charge in [0.15, 0.2) is 6.10 Å². The lowest BCUT2D eigenvalue weighted by atomic mass is 10.1. The topological polar surface area (TPSA) is 78.9 Å². The number of ether oxygens (including phenoxy) is 3. The van der Waals surface area contributed by atoms with Crippen LogP contribution in [0, 0.1) is 0 Å². The van der Waals surface area contributed by atoms with Crippen LogP contribution in [0.15, 0.2) is 182 Å². The quantitative estimate of drug-likeness (QED) is 0.0261. The van der Waals surface area contributed by atoms with Crippen molar-refractivity contribution in [2.24, 2.45) is 0 Å². The Labute approximate surface area is 497 Å². The molecule has 0 aromatic carbocycles. The molecule has 0 saturated heterocycles. The maximum absolute atomic E-state index is 12.9. The Balaban J connectivity index is 4.56. The second kappa shape index (κ2) is 67.0. The van der Waals surface area contributed by atoms with Crippen LogP contribution in [-0.2, 0) is 28.6 Å². The maximum atomic E-state index is 12.9. The van der Waals surface area contributed by atoms with Crippen molar-refractivity contribution >= 4 is 17.9 Å². The molecule has 0 heterocycles. The van der Waals surface area contributed by atoms with Gasteiger partial charge in [-0.2, -0.15) is 0 Å². The molecule has 0 fully saturated rings. The van der Waals surface area contributed by atoms with Crippen LogP contribution >= 0.6 is 0 Å². The van der Waals surface area contributed by atoms with Crippen molar-refractivity contribution in [2.75, 3.05) is 13.2 Å². The van der Waals surface area contributed by atoms with Gasteiger partial charge in [0.25, 0.3) is 0 Å². The second-order valence-corrected chi connectivity index (χ2v) is 20.5. The monoisotopic (exact) mass is 1110 g/mol. The average molecular weight is 1110 g/mol. The summed E-state index contributed by atoms with van der Waals surface area (Å²) in [5.41, 5.74) is 0. The van der Waals surface area contributed by atoms with E-state index in [9.17, 15) is 14.4 Å². The molecule has 0 bridgehead atoms. The highest BCUT2D eigenvalue weighted by molar-refractivity contribution is 5.71. The minimum absolute atomic E-state index is 0.120. The lowest BCUT2D eigenvalue weighted by Gasteiger charge is -2.18.